The molecule has 0 aliphatic heterocycles. The van der Waals surface area contributed by atoms with Gasteiger partial charge in [0.25, 0.3) is 10.0 Å². The van der Waals surface area contributed by atoms with Gasteiger partial charge >= 0.3 is 0 Å². The monoisotopic (exact) mass is 325 g/mol. The lowest BCUT2D eigenvalue weighted by atomic mass is 10.3. The Morgan fingerprint density at radius 2 is 1.89 bits per heavy atom. The van der Waals surface area contributed by atoms with E-state index < -0.39 is 15.8 Å². The van der Waals surface area contributed by atoms with Crippen LogP contribution in [0.15, 0.2) is 34.5 Å². The molecular formula is C10H6Cl2FNO2S2. The quantitative estimate of drug-likeness (QED) is 0.927. The number of sulfonamides is 1. The zero-order valence-electron chi connectivity index (χ0n) is 8.65. The Hall–Kier alpha value is -0.820. The van der Waals surface area contributed by atoms with E-state index in [-0.39, 0.29) is 14.9 Å². The van der Waals surface area contributed by atoms with Crippen LogP contribution in [0.5, 0.6) is 0 Å². The Morgan fingerprint density at radius 3 is 2.44 bits per heavy atom. The SMILES string of the molecule is O=S(=O)(Nc1ccc(Cl)cc1F)c1ccc(Cl)s1. The topological polar surface area (TPSA) is 46.2 Å². The van der Waals surface area contributed by atoms with Crippen LogP contribution < -0.4 is 4.72 Å². The largest absolute Gasteiger partial charge is 0.276 e. The van der Waals surface area contributed by atoms with Gasteiger partial charge in [0, 0.05) is 5.02 Å². The summed E-state index contributed by atoms with van der Waals surface area (Å²) in [7, 11) is -3.83. The molecular weight excluding hydrogens is 320 g/mol. The fraction of sp³-hybridized carbons (Fsp3) is 0. The van der Waals surface area contributed by atoms with E-state index in [0.717, 1.165) is 17.4 Å². The third-order valence-corrected chi connectivity index (χ3v) is 5.31. The average Bonchev–Trinajstić information content (AvgIpc) is 2.70. The molecule has 0 radical (unpaired) electrons. The van der Waals surface area contributed by atoms with Gasteiger partial charge in [-0.25, -0.2) is 12.8 Å². The van der Waals surface area contributed by atoms with Crippen molar-refractivity contribution in [2.45, 2.75) is 4.21 Å². The Morgan fingerprint density at radius 1 is 1.17 bits per heavy atom. The van der Waals surface area contributed by atoms with Gasteiger partial charge in [0.05, 0.1) is 10.0 Å². The van der Waals surface area contributed by atoms with E-state index in [9.17, 15) is 12.8 Å². The summed E-state index contributed by atoms with van der Waals surface area (Å²) in [5.74, 6) is -0.742. The molecule has 0 amide bonds. The predicted molar refractivity (Wildman–Crippen MR) is 71.5 cm³/mol. The zero-order valence-corrected chi connectivity index (χ0v) is 11.8. The van der Waals surface area contributed by atoms with Crippen LogP contribution in [0.3, 0.4) is 0 Å². The van der Waals surface area contributed by atoms with Crippen molar-refractivity contribution >= 4 is 50.2 Å². The van der Waals surface area contributed by atoms with Crippen molar-refractivity contribution in [2.24, 2.45) is 0 Å². The molecule has 0 unspecified atom stereocenters. The summed E-state index contributed by atoms with van der Waals surface area (Å²) in [6, 6.07) is 6.48. The molecule has 0 aliphatic carbocycles. The zero-order chi connectivity index (χ0) is 13.3. The number of hydrogen-bond donors (Lipinski definition) is 1. The molecule has 0 saturated carbocycles. The fourth-order valence-corrected chi connectivity index (χ4v) is 3.92. The standard InChI is InChI=1S/C10H6Cl2FNO2S2/c11-6-1-2-8(7(13)5-6)14-18(15,16)10-4-3-9(12)17-10/h1-5,14H. The van der Waals surface area contributed by atoms with Crippen molar-refractivity contribution in [2.75, 3.05) is 4.72 Å². The lowest BCUT2D eigenvalue weighted by molar-refractivity contribution is 0.600. The van der Waals surface area contributed by atoms with Gasteiger partial charge in [-0.2, -0.15) is 0 Å². The summed E-state index contributed by atoms with van der Waals surface area (Å²) in [6.45, 7) is 0. The van der Waals surface area contributed by atoms with Crippen molar-refractivity contribution in [1.82, 2.24) is 0 Å². The number of rotatable bonds is 3. The maximum atomic E-state index is 13.5. The first kappa shape index (κ1) is 13.6. The van der Waals surface area contributed by atoms with Crippen LogP contribution >= 0.6 is 34.5 Å². The Bertz CT molecular complexity index is 685. The van der Waals surface area contributed by atoms with Crippen molar-refractivity contribution in [3.8, 4) is 0 Å². The first-order valence-corrected chi connectivity index (χ1v) is 7.67. The summed E-state index contributed by atoms with van der Waals surface area (Å²) in [5.41, 5.74) is -0.163. The Balaban J connectivity index is 2.33. The number of halogens is 3. The third kappa shape index (κ3) is 2.95. The molecule has 96 valence electrons. The highest BCUT2D eigenvalue weighted by molar-refractivity contribution is 7.94. The van der Waals surface area contributed by atoms with Crippen LogP contribution in [0.4, 0.5) is 10.1 Å². The maximum Gasteiger partial charge on any atom is 0.271 e. The van der Waals surface area contributed by atoms with Gasteiger partial charge in [-0.15, -0.1) is 11.3 Å². The van der Waals surface area contributed by atoms with Gasteiger partial charge < -0.3 is 0 Å². The van der Waals surface area contributed by atoms with Gasteiger partial charge in [-0.1, -0.05) is 23.2 Å². The fourth-order valence-electron chi connectivity index (χ4n) is 1.21. The van der Waals surface area contributed by atoms with Crippen LogP contribution in [0.2, 0.25) is 9.36 Å². The minimum absolute atomic E-state index is 0.0156. The molecule has 2 rings (SSSR count). The van der Waals surface area contributed by atoms with Crippen LogP contribution in [0, 0.1) is 5.82 Å². The van der Waals surface area contributed by atoms with Gasteiger partial charge in [0.1, 0.15) is 10.0 Å². The normalized spacial score (nSPS) is 11.5. The average molecular weight is 326 g/mol. The summed E-state index contributed by atoms with van der Waals surface area (Å²) in [6.07, 6.45) is 0. The smallest absolute Gasteiger partial charge is 0.271 e. The second-order valence-electron chi connectivity index (χ2n) is 3.29. The molecule has 1 aromatic carbocycles. The first-order valence-electron chi connectivity index (χ1n) is 4.62. The number of anilines is 1. The highest BCUT2D eigenvalue weighted by Gasteiger charge is 2.18. The molecule has 0 aliphatic rings. The van der Waals surface area contributed by atoms with Crippen LogP contribution in [0.25, 0.3) is 0 Å². The van der Waals surface area contributed by atoms with Crippen molar-refractivity contribution < 1.29 is 12.8 Å². The molecule has 0 spiro atoms. The van der Waals surface area contributed by atoms with Crippen molar-refractivity contribution in [3.63, 3.8) is 0 Å². The maximum absolute atomic E-state index is 13.5. The first-order chi connectivity index (χ1) is 8.38. The minimum Gasteiger partial charge on any atom is -0.276 e. The second-order valence-corrected chi connectivity index (χ2v) is 7.35. The molecule has 1 heterocycles. The molecule has 1 N–H and O–H groups in total. The van der Waals surface area contributed by atoms with Crippen molar-refractivity contribution in [1.29, 1.82) is 0 Å². The third-order valence-electron chi connectivity index (χ3n) is 1.99. The van der Waals surface area contributed by atoms with E-state index in [1.54, 1.807) is 0 Å². The van der Waals surface area contributed by atoms with E-state index in [2.05, 4.69) is 4.72 Å². The summed E-state index contributed by atoms with van der Waals surface area (Å²) in [5, 5.41) is 0.189. The molecule has 0 bridgehead atoms. The molecule has 2 aromatic rings. The summed E-state index contributed by atoms with van der Waals surface area (Å²) in [4.78, 5) is 0. The Kier molecular flexibility index (Phi) is 3.82. The highest BCUT2D eigenvalue weighted by Crippen LogP contribution is 2.28. The summed E-state index contributed by atoms with van der Waals surface area (Å²) < 4.78 is 39.7. The van der Waals surface area contributed by atoms with E-state index in [1.807, 2.05) is 0 Å². The van der Waals surface area contributed by atoms with Gasteiger partial charge in [-0.3, -0.25) is 4.72 Å². The van der Waals surface area contributed by atoms with Gasteiger partial charge in [0.2, 0.25) is 0 Å². The molecule has 0 saturated heterocycles. The molecule has 0 atom stereocenters. The molecule has 3 nitrogen and oxygen atoms in total. The lowest BCUT2D eigenvalue weighted by Gasteiger charge is -2.07. The lowest BCUT2D eigenvalue weighted by Crippen LogP contribution is -2.12. The predicted octanol–water partition coefficient (Wildman–Crippen LogP) is 3.99. The molecule has 1 aromatic heterocycles. The van der Waals surface area contributed by atoms with Crippen LogP contribution in [-0.4, -0.2) is 8.42 Å². The van der Waals surface area contributed by atoms with Crippen LogP contribution in [-0.2, 0) is 10.0 Å². The van der Waals surface area contributed by atoms with E-state index in [1.165, 1.54) is 24.3 Å². The highest BCUT2D eigenvalue weighted by atomic mass is 35.5. The number of hydrogen-bond acceptors (Lipinski definition) is 3. The number of thiophene rings is 1. The van der Waals surface area contributed by atoms with E-state index in [4.69, 9.17) is 23.2 Å². The van der Waals surface area contributed by atoms with Gasteiger partial charge in [-0.05, 0) is 30.3 Å². The van der Waals surface area contributed by atoms with E-state index >= 15 is 0 Å². The van der Waals surface area contributed by atoms with Crippen molar-refractivity contribution in [3.05, 3.63) is 45.5 Å². The second kappa shape index (κ2) is 5.05. The van der Waals surface area contributed by atoms with Crippen LogP contribution in [0.1, 0.15) is 0 Å². The van der Waals surface area contributed by atoms with Gasteiger partial charge in [0.15, 0.2) is 0 Å². The number of benzene rings is 1. The molecule has 18 heavy (non-hydrogen) atoms. The number of nitrogens with one attached hydrogen (secondary N) is 1. The molecule has 0 fully saturated rings. The Labute approximate surface area is 117 Å². The summed E-state index contributed by atoms with van der Waals surface area (Å²) >= 11 is 12.1. The minimum atomic E-state index is -3.83. The van der Waals surface area contributed by atoms with E-state index in [0.29, 0.717) is 4.34 Å². The molecule has 8 heteroatoms.